The molecule has 0 bridgehead atoms. The van der Waals surface area contributed by atoms with Crippen molar-refractivity contribution in [1.82, 2.24) is 4.31 Å². The average molecular weight is 382 g/mol. The Labute approximate surface area is 131 Å². The van der Waals surface area contributed by atoms with Crippen LogP contribution in [0.3, 0.4) is 0 Å². The quantitative estimate of drug-likeness (QED) is 0.754. The van der Waals surface area contributed by atoms with Gasteiger partial charge in [0.1, 0.15) is 0 Å². The Hall–Kier alpha value is -0.440. The number of carbonyl (C=O) groups is 1. The molecule has 0 saturated carbocycles. The van der Waals surface area contributed by atoms with Gasteiger partial charge in [0.2, 0.25) is 10.0 Å². The fourth-order valence-corrected chi connectivity index (χ4v) is 6.18. The summed E-state index contributed by atoms with van der Waals surface area (Å²) in [7, 11) is -2.11. The third-order valence-corrected chi connectivity index (χ3v) is 7.16. The van der Waals surface area contributed by atoms with Crippen molar-refractivity contribution in [2.75, 3.05) is 20.2 Å². The Morgan fingerprint density at radius 2 is 2.05 bits per heavy atom. The van der Waals surface area contributed by atoms with E-state index in [0.717, 1.165) is 8.66 Å². The molecular formula is C12H16BrNO4S2. The zero-order valence-corrected chi connectivity index (χ0v) is 14.5. The van der Waals surface area contributed by atoms with Crippen LogP contribution in [0.1, 0.15) is 17.7 Å². The number of carbonyl (C=O) groups excluding carboxylic acids is 1. The highest BCUT2D eigenvalue weighted by Gasteiger charge is 2.33. The van der Waals surface area contributed by atoms with Crippen LogP contribution in [0, 0.1) is 12.8 Å². The zero-order chi connectivity index (χ0) is 14.9. The molecule has 0 amide bonds. The van der Waals surface area contributed by atoms with E-state index >= 15 is 0 Å². The first-order chi connectivity index (χ1) is 9.36. The molecule has 0 radical (unpaired) electrons. The molecule has 1 aliphatic rings. The number of piperidine rings is 1. The lowest BCUT2D eigenvalue weighted by molar-refractivity contribution is -0.146. The Morgan fingerprint density at radius 3 is 2.50 bits per heavy atom. The molecule has 2 heterocycles. The molecule has 1 aromatic rings. The molecule has 0 aromatic carbocycles. The van der Waals surface area contributed by atoms with Crippen LogP contribution < -0.4 is 0 Å². The van der Waals surface area contributed by atoms with Gasteiger partial charge >= 0.3 is 5.97 Å². The number of rotatable bonds is 3. The van der Waals surface area contributed by atoms with Crippen molar-refractivity contribution in [2.24, 2.45) is 5.92 Å². The monoisotopic (exact) mass is 381 g/mol. The van der Waals surface area contributed by atoms with Crippen LogP contribution in [0.5, 0.6) is 0 Å². The summed E-state index contributed by atoms with van der Waals surface area (Å²) in [4.78, 5) is 12.6. The fraction of sp³-hybridized carbons (Fsp3) is 0.583. The van der Waals surface area contributed by atoms with E-state index in [4.69, 9.17) is 4.74 Å². The number of nitrogens with zero attached hydrogens (tertiary/aromatic N) is 1. The maximum absolute atomic E-state index is 12.6. The Kier molecular flexibility index (Phi) is 4.88. The number of hydrogen-bond acceptors (Lipinski definition) is 5. The second kappa shape index (κ2) is 6.13. The molecule has 2 rings (SSSR count). The summed E-state index contributed by atoms with van der Waals surface area (Å²) in [5.41, 5.74) is 0. The van der Waals surface area contributed by atoms with Crippen molar-refractivity contribution >= 4 is 43.3 Å². The van der Waals surface area contributed by atoms with E-state index in [-0.39, 0.29) is 11.9 Å². The molecule has 1 fully saturated rings. The SMILES string of the molecule is COC(=O)C1CCN(S(=O)(=O)c2cc(Br)sc2C)CC1. The number of halogens is 1. The third-order valence-electron chi connectivity index (χ3n) is 3.45. The van der Waals surface area contributed by atoms with Crippen molar-refractivity contribution < 1.29 is 17.9 Å². The normalized spacial score (nSPS) is 18.1. The second-order valence-electron chi connectivity index (χ2n) is 4.67. The molecule has 0 N–H and O–H groups in total. The second-order valence-corrected chi connectivity index (χ2v) is 9.21. The molecule has 112 valence electrons. The molecule has 0 unspecified atom stereocenters. The maximum Gasteiger partial charge on any atom is 0.308 e. The first kappa shape index (κ1) is 15.9. The predicted molar refractivity (Wildman–Crippen MR) is 80.3 cm³/mol. The number of methoxy groups -OCH3 is 1. The Bertz CT molecular complexity index is 603. The minimum atomic E-state index is -3.47. The van der Waals surface area contributed by atoms with Gasteiger partial charge in [-0.05, 0) is 41.8 Å². The van der Waals surface area contributed by atoms with E-state index in [0.29, 0.717) is 30.8 Å². The number of sulfonamides is 1. The van der Waals surface area contributed by atoms with Crippen molar-refractivity contribution in [3.8, 4) is 0 Å². The summed E-state index contributed by atoms with van der Waals surface area (Å²) in [6, 6.07) is 1.64. The number of thiophene rings is 1. The topological polar surface area (TPSA) is 63.7 Å². The molecule has 0 spiro atoms. The van der Waals surface area contributed by atoms with E-state index in [1.165, 1.54) is 22.8 Å². The smallest absolute Gasteiger partial charge is 0.308 e. The van der Waals surface area contributed by atoms with Crippen LogP contribution in [-0.2, 0) is 19.6 Å². The van der Waals surface area contributed by atoms with Gasteiger partial charge in [-0.15, -0.1) is 11.3 Å². The standard InChI is InChI=1S/C12H16BrNO4S2/c1-8-10(7-11(13)19-8)20(16,17)14-5-3-9(4-6-14)12(15)18-2/h7,9H,3-6H2,1-2H3. The Balaban J connectivity index is 2.14. The van der Waals surface area contributed by atoms with Crippen LogP contribution in [0.25, 0.3) is 0 Å². The molecule has 1 aliphatic heterocycles. The van der Waals surface area contributed by atoms with Gasteiger partial charge in [0, 0.05) is 18.0 Å². The largest absolute Gasteiger partial charge is 0.469 e. The lowest BCUT2D eigenvalue weighted by atomic mass is 9.99. The maximum atomic E-state index is 12.6. The van der Waals surface area contributed by atoms with Crippen LogP contribution in [0.4, 0.5) is 0 Å². The number of hydrogen-bond donors (Lipinski definition) is 0. The van der Waals surface area contributed by atoms with E-state index in [9.17, 15) is 13.2 Å². The molecule has 5 nitrogen and oxygen atoms in total. The van der Waals surface area contributed by atoms with E-state index in [2.05, 4.69) is 15.9 Å². The van der Waals surface area contributed by atoms with Crippen LogP contribution in [0.2, 0.25) is 0 Å². The number of esters is 1. The van der Waals surface area contributed by atoms with E-state index in [1.54, 1.807) is 13.0 Å². The molecule has 0 atom stereocenters. The number of aryl methyl sites for hydroxylation is 1. The van der Waals surface area contributed by atoms with Crippen LogP contribution in [0.15, 0.2) is 14.7 Å². The van der Waals surface area contributed by atoms with Gasteiger partial charge in [-0.3, -0.25) is 4.79 Å². The third kappa shape index (κ3) is 3.08. The van der Waals surface area contributed by atoms with Crippen molar-refractivity contribution in [3.05, 3.63) is 14.7 Å². The Morgan fingerprint density at radius 1 is 1.45 bits per heavy atom. The van der Waals surface area contributed by atoms with Gasteiger partial charge in [-0.25, -0.2) is 8.42 Å². The average Bonchev–Trinajstić information content (AvgIpc) is 2.77. The van der Waals surface area contributed by atoms with Crippen molar-refractivity contribution in [1.29, 1.82) is 0 Å². The number of ether oxygens (including phenoxy) is 1. The molecule has 1 saturated heterocycles. The van der Waals surface area contributed by atoms with Gasteiger partial charge in [0.25, 0.3) is 0 Å². The van der Waals surface area contributed by atoms with Crippen LogP contribution >= 0.6 is 27.3 Å². The van der Waals surface area contributed by atoms with E-state index < -0.39 is 10.0 Å². The zero-order valence-electron chi connectivity index (χ0n) is 11.3. The fourth-order valence-electron chi connectivity index (χ4n) is 2.32. The summed E-state index contributed by atoms with van der Waals surface area (Å²) in [5, 5.41) is 0. The highest BCUT2D eigenvalue weighted by Crippen LogP contribution is 2.33. The van der Waals surface area contributed by atoms with Crippen molar-refractivity contribution in [2.45, 2.75) is 24.7 Å². The molecule has 0 aliphatic carbocycles. The summed E-state index contributed by atoms with van der Waals surface area (Å²) in [6.07, 6.45) is 1.02. The summed E-state index contributed by atoms with van der Waals surface area (Å²) < 4.78 is 32.1. The van der Waals surface area contributed by atoms with Gasteiger partial charge in [-0.2, -0.15) is 4.31 Å². The lowest BCUT2D eigenvalue weighted by Crippen LogP contribution is -2.40. The van der Waals surface area contributed by atoms with Gasteiger partial charge in [0.15, 0.2) is 0 Å². The predicted octanol–water partition coefficient (Wildman–Crippen LogP) is 2.39. The molecular weight excluding hydrogens is 366 g/mol. The van der Waals surface area contributed by atoms with Crippen LogP contribution in [-0.4, -0.2) is 38.9 Å². The summed E-state index contributed by atoms with van der Waals surface area (Å²) >= 11 is 4.72. The lowest BCUT2D eigenvalue weighted by Gasteiger charge is -2.29. The molecule has 1 aromatic heterocycles. The first-order valence-electron chi connectivity index (χ1n) is 6.20. The van der Waals surface area contributed by atoms with Gasteiger partial charge in [-0.1, -0.05) is 0 Å². The minimum absolute atomic E-state index is 0.193. The van der Waals surface area contributed by atoms with Crippen molar-refractivity contribution in [3.63, 3.8) is 0 Å². The highest BCUT2D eigenvalue weighted by molar-refractivity contribution is 9.11. The van der Waals surface area contributed by atoms with Gasteiger partial charge in [0.05, 0.1) is 21.7 Å². The molecule has 8 heteroatoms. The summed E-state index contributed by atoms with van der Waals surface area (Å²) in [6.45, 7) is 2.51. The molecule has 20 heavy (non-hydrogen) atoms. The van der Waals surface area contributed by atoms with E-state index in [1.807, 2.05) is 0 Å². The summed E-state index contributed by atoms with van der Waals surface area (Å²) in [5.74, 6) is -0.446. The minimum Gasteiger partial charge on any atom is -0.469 e. The highest BCUT2D eigenvalue weighted by atomic mass is 79.9. The van der Waals surface area contributed by atoms with Gasteiger partial charge < -0.3 is 4.74 Å². The first-order valence-corrected chi connectivity index (χ1v) is 9.25.